The molecule has 1 aliphatic carbocycles. The molecule has 2 atom stereocenters. The number of hydrogen-bond acceptors (Lipinski definition) is 3. The van der Waals surface area contributed by atoms with E-state index in [1.165, 1.54) is 76.1 Å². The molecular formula is C47H44BN3. The summed E-state index contributed by atoms with van der Waals surface area (Å²) >= 11 is 0. The average molecular weight is 662 g/mol. The molecule has 0 N–H and O–H groups in total. The topological polar surface area (TPSA) is 9.72 Å². The predicted octanol–water partition coefficient (Wildman–Crippen LogP) is 10.6. The van der Waals surface area contributed by atoms with Gasteiger partial charge >= 0.3 is 0 Å². The second kappa shape index (κ2) is 11.1. The van der Waals surface area contributed by atoms with Crippen molar-refractivity contribution >= 4 is 68.6 Å². The van der Waals surface area contributed by atoms with Crippen molar-refractivity contribution in [3.63, 3.8) is 0 Å². The number of anilines is 8. The lowest BCUT2D eigenvalue weighted by molar-refractivity contribution is 0.195. The zero-order chi connectivity index (χ0) is 34.5. The molecule has 3 nitrogen and oxygen atoms in total. The number of hydrogen-bond donors (Lipinski definition) is 0. The standard InChI is InChI=1S/C47H44BN3/c1-32(2)33-29-38-45-40(30-33)48-39-26-25-37(49(34-17-8-5-9-18-34)35-19-10-6-11-20-35)31-43(39)50(36-21-12-7-13-22-36)41-23-16-24-42(44(41)48)51(45)47(4)28-15-14-27-46(38,47)3/h5-13,16-26,29-32H,14-15,27-28H2,1-4H3. The summed E-state index contributed by atoms with van der Waals surface area (Å²) in [5.41, 5.74) is 17.5. The van der Waals surface area contributed by atoms with E-state index in [0.717, 1.165) is 17.1 Å². The Morgan fingerprint density at radius 2 is 1.25 bits per heavy atom. The highest BCUT2D eigenvalue weighted by Gasteiger charge is 2.61. The van der Waals surface area contributed by atoms with Gasteiger partial charge in [0.15, 0.2) is 0 Å². The van der Waals surface area contributed by atoms with E-state index in [1.54, 1.807) is 5.56 Å². The Morgan fingerprint density at radius 1 is 0.608 bits per heavy atom. The second-order valence-corrected chi connectivity index (χ2v) is 15.9. The van der Waals surface area contributed by atoms with Gasteiger partial charge in [-0.05, 0) is 114 Å². The van der Waals surface area contributed by atoms with Crippen molar-refractivity contribution in [2.24, 2.45) is 0 Å². The molecule has 51 heavy (non-hydrogen) atoms. The molecule has 1 fully saturated rings. The molecule has 6 aromatic carbocycles. The lowest BCUT2D eigenvalue weighted by atomic mass is 9.33. The molecule has 3 heterocycles. The highest BCUT2D eigenvalue weighted by Crippen LogP contribution is 2.62. The summed E-state index contributed by atoms with van der Waals surface area (Å²) in [5, 5.41) is 0. The highest BCUT2D eigenvalue weighted by molar-refractivity contribution is 7.00. The Balaban J connectivity index is 1.28. The van der Waals surface area contributed by atoms with Gasteiger partial charge in [0.1, 0.15) is 0 Å². The van der Waals surface area contributed by atoms with Gasteiger partial charge < -0.3 is 14.7 Å². The first-order valence-electron chi connectivity index (χ1n) is 18.9. The summed E-state index contributed by atoms with van der Waals surface area (Å²) < 4.78 is 0. The first-order chi connectivity index (χ1) is 24.9. The normalized spacial score (nSPS) is 20.8. The molecule has 2 unspecified atom stereocenters. The molecule has 250 valence electrons. The molecule has 3 aliphatic heterocycles. The van der Waals surface area contributed by atoms with E-state index >= 15 is 0 Å². The third kappa shape index (κ3) is 4.20. The summed E-state index contributed by atoms with van der Waals surface area (Å²) in [7, 11) is 0. The minimum Gasteiger partial charge on any atom is -0.335 e. The van der Waals surface area contributed by atoms with Crippen LogP contribution in [0, 0.1) is 0 Å². The van der Waals surface area contributed by atoms with E-state index in [9.17, 15) is 0 Å². The van der Waals surface area contributed by atoms with Gasteiger partial charge in [-0.25, -0.2) is 0 Å². The first-order valence-corrected chi connectivity index (χ1v) is 18.9. The molecule has 0 radical (unpaired) electrons. The fraction of sp³-hybridized carbons (Fsp3) is 0.234. The Hall–Kier alpha value is -5.22. The largest absolute Gasteiger partial charge is 0.335 e. The van der Waals surface area contributed by atoms with Crippen LogP contribution in [0.2, 0.25) is 0 Å². The van der Waals surface area contributed by atoms with Gasteiger partial charge in [0.05, 0.1) is 5.54 Å². The number of nitrogens with zero attached hydrogens (tertiary/aromatic N) is 3. The smallest absolute Gasteiger partial charge is 0.252 e. The van der Waals surface area contributed by atoms with Gasteiger partial charge in [-0.2, -0.15) is 0 Å². The predicted molar refractivity (Wildman–Crippen MR) is 217 cm³/mol. The van der Waals surface area contributed by atoms with Crippen molar-refractivity contribution < 1.29 is 0 Å². The van der Waals surface area contributed by atoms with Crippen LogP contribution in [0.5, 0.6) is 0 Å². The molecule has 0 bridgehead atoms. The molecular weight excluding hydrogens is 617 g/mol. The molecule has 4 aliphatic rings. The van der Waals surface area contributed by atoms with Crippen LogP contribution >= 0.6 is 0 Å². The van der Waals surface area contributed by atoms with Crippen LogP contribution in [0.15, 0.2) is 140 Å². The van der Waals surface area contributed by atoms with E-state index in [1.807, 2.05) is 0 Å². The van der Waals surface area contributed by atoms with Crippen molar-refractivity contribution in [3.8, 4) is 0 Å². The van der Waals surface area contributed by atoms with Gasteiger partial charge in [-0.1, -0.05) is 112 Å². The summed E-state index contributed by atoms with van der Waals surface area (Å²) in [4.78, 5) is 7.76. The van der Waals surface area contributed by atoms with Crippen LogP contribution in [-0.4, -0.2) is 12.3 Å². The molecule has 0 aromatic heterocycles. The maximum absolute atomic E-state index is 2.82. The summed E-state index contributed by atoms with van der Waals surface area (Å²) in [6.45, 7) is 10.0. The Kier molecular flexibility index (Phi) is 6.68. The lowest BCUT2D eigenvalue weighted by Gasteiger charge is -2.52. The fourth-order valence-electron chi connectivity index (χ4n) is 10.2. The molecule has 0 spiro atoms. The van der Waals surface area contributed by atoms with Crippen LogP contribution in [-0.2, 0) is 5.41 Å². The minimum absolute atomic E-state index is 0.0195. The van der Waals surface area contributed by atoms with Gasteiger partial charge in [-0.15, -0.1) is 0 Å². The lowest BCUT2D eigenvalue weighted by Crippen LogP contribution is -2.64. The van der Waals surface area contributed by atoms with E-state index in [2.05, 4.69) is 182 Å². The van der Waals surface area contributed by atoms with Crippen LogP contribution < -0.4 is 31.1 Å². The summed E-state index contributed by atoms with van der Waals surface area (Å²) in [5.74, 6) is 0.451. The van der Waals surface area contributed by atoms with E-state index < -0.39 is 0 Å². The Morgan fingerprint density at radius 3 is 1.94 bits per heavy atom. The summed E-state index contributed by atoms with van der Waals surface area (Å²) in [6, 6.07) is 52.1. The van der Waals surface area contributed by atoms with Crippen molar-refractivity contribution in [1.29, 1.82) is 0 Å². The van der Waals surface area contributed by atoms with Crippen molar-refractivity contribution in [3.05, 3.63) is 151 Å². The maximum atomic E-state index is 2.82. The molecule has 6 aromatic rings. The van der Waals surface area contributed by atoms with Gasteiger partial charge in [0, 0.05) is 50.9 Å². The quantitative estimate of drug-likeness (QED) is 0.170. The second-order valence-electron chi connectivity index (χ2n) is 15.9. The Bertz CT molecular complexity index is 2260. The van der Waals surface area contributed by atoms with E-state index in [4.69, 9.17) is 0 Å². The van der Waals surface area contributed by atoms with Gasteiger partial charge in [0.2, 0.25) is 0 Å². The van der Waals surface area contributed by atoms with Gasteiger partial charge in [-0.3, -0.25) is 0 Å². The monoisotopic (exact) mass is 661 g/mol. The Labute approximate surface area is 303 Å². The molecule has 0 amide bonds. The minimum atomic E-state index is 0.0195. The molecule has 1 saturated carbocycles. The van der Waals surface area contributed by atoms with Crippen molar-refractivity contribution in [1.82, 2.24) is 0 Å². The van der Waals surface area contributed by atoms with Crippen LogP contribution in [0.1, 0.15) is 70.4 Å². The third-order valence-electron chi connectivity index (χ3n) is 12.9. The van der Waals surface area contributed by atoms with Crippen LogP contribution in [0.4, 0.5) is 45.5 Å². The maximum Gasteiger partial charge on any atom is 0.252 e. The summed E-state index contributed by atoms with van der Waals surface area (Å²) in [6.07, 6.45) is 5.02. The number of fused-ring (bicyclic) bond motifs is 7. The first kappa shape index (κ1) is 30.6. The number of benzene rings is 6. The number of rotatable bonds is 5. The highest BCUT2D eigenvalue weighted by atomic mass is 15.3. The third-order valence-corrected chi connectivity index (χ3v) is 12.9. The van der Waals surface area contributed by atoms with E-state index in [-0.39, 0.29) is 17.7 Å². The van der Waals surface area contributed by atoms with Crippen LogP contribution in [0.3, 0.4) is 0 Å². The molecule has 0 saturated heterocycles. The SMILES string of the molecule is CC(C)c1cc2c3c(c1)C1(C)CCCCC1(C)N3c1cccc3c1B2c1ccc(N(c2ccccc2)c2ccccc2)cc1N3c1ccccc1. The molecule has 4 heteroatoms. The van der Waals surface area contributed by atoms with Crippen LogP contribution in [0.25, 0.3) is 0 Å². The van der Waals surface area contributed by atoms with Gasteiger partial charge in [0.25, 0.3) is 6.71 Å². The number of para-hydroxylation sites is 3. The molecule has 10 rings (SSSR count). The fourth-order valence-corrected chi connectivity index (χ4v) is 10.2. The average Bonchev–Trinajstić information content (AvgIpc) is 3.38. The van der Waals surface area contributed by atoms with E-state index in [0.29, 0.717) is 5.92 Å². The zero-order valence-electron chi connectivity index (χ0n) is 30.1. The zero-order valence-corrected chi connectivity index (χ0v) is 30.1. The van der Waals surface area contributed by atoms with Crippen molar-refractivity contribution in [2.45, 2.75) is 70.3 Å². The van der Waals surface area contributed by atoms with Crippen molar-refractivity contribution in [2.75, 3.05) is 14.7 Å².